The smallest absolute Gasteiger partial charge is 0.321 e. The molecular formula is C7H14N2O4S2. The van der Waals surface area contributed by atoms with E-state index < -0.39 is 21.7 Å². The maximum absolute atomic E-state index is 11.4. The van der Waals surface area contributed by atoms with Crippen LogP contribution in [0.25, 0.3) is 0 Å². The van der Waals surface area contributed by atoms with Gasteiger partial charge in [0, 0.05) is 7.05 Å². The first kappa shape index (κ1) is 14.3. The van der Waals surface area contributed by atoms with Gasteiger partial charge in [-0.25, -0.2) is 8.42 Å². The molecule has 0 amide bonds. The first-order valence-electron chi connectivity index (χ1n) is 4.17. The van der Waals surface area contributed by atoms with Crippen LogP contribution in [0.15, 0.2) is 0 Å². The quantitative estimate of drug-likeness (QED) is 0.488. The summed E-state index contributed by atoms with van der Waals surface area (Å²) < 4.78 is 28.3. The van der Waals surface area contributed by atoms with Crippen molar-refractivity contribution in [3.8, 4) is 0 Å². The molecule has 8 heteroatoms. The van der Waals surface area contributed by atoms with Crippen molar-refractivity contribution in [1.82, 2.24) is 4.31 Å². The Kier molecular flexibility index (Phi) is 5.69. The standard InChI is InChI=1S/C7H14N2O4S2/c1-3-13-7(10)4-9(2)15(11,12)5-6(8)14/h3-5H2,1-2H3,(H2,8,14). The Labute approximate surface area is 94.4 Å². The van der Waals surface area contributed by atoms with Crippen LogP contribution >= 0.6 is 12.2 Å². The average molecular weight is 254 g/mol. The van der Waals surface area contributed by atoms with Gasteiger partial charge in [0.1, 0.15) is 12.3 Å². The average Bonchev–Trinajstić information content (AvgIpc) is 2.01. The number of likely N-dealkylation sites (N-methyl/N-ethyl adjacent to an activating group) is 1. The van der Waals surface area contributed by atoms with E-state index >= 15 is 0 Å². The maximum Gasteiger partial charge on any atom is 0.321 e. The van der Waals surface area contributed by atoms with Gasteiger partial charge in [-0.15, -0.1) is 0 Å². The van der Waals surface area contributed by atoms with Crippen LogP contribution < -0.4 is 5.73 Å². The van der Waals surface area contributed by atoms with Crippen LogP contribution in [0.5, 0.6) is 0 Å². The first-order chi connectivity index (χ1) is 6.79. The van der Waals surface area contributed by atoms with Gasteiger partial charge in [-0.2, -0.15) is 4.31 Å². The molecule has 0 atom stereocenters. The maximum atomic E-state index is 11.4. The van der Waals surface area contributed by atoms with Crippen molar-refractivity contribution < 1.29 is 17.9 Å². The fourth-order valence-electron chi connectivity index (χ4n) is 0.777. The fourth-order valence-corrected chi connectivity index (χ4v) is 2.11. The van der Waals surface area contributed by atoms with Gasteiger partial charge in [0.25, 0.3) is 0 Å². The molecule has 0 rings (SSSR count). The number of nitrogens with two attached hydrogens (primary N) is 1. The minimum atomic E-state index is -3.61. The summed E-state index contributed by atoms with van der Waals surface area (Å²) in [5.74, 6) is -1.05. The third kappa shape index (κ3) is 5.65. The summed E-state index contributed by atoms with van der Waals surface area (Å²) in [7, 11) is -2.34. The number of hydrogen-bond acceptors (Lipinski definition) is 5. The lowest BCUT2D eigenvalue weighted by molar-refractivity contribution is -0.143. The Morgan fingerprint density at radius 3 is 2.47 bits per heavy atom. The number of ether oxygens (including phenoxy) is 1. The van der Waals surface area contributed by atoms with Gasteiger partial charge < -0.3 is 10.5 Å². The second kappa shape index (κ2) is 5.99. The molecule has 0 heterocycles. The van der Waals surface area contributed by atoms with Crippen LogP contribution in [0.2, 0.25) is 0 Å². The second-order valence-corrected chi connectivity index (χ2v) is 5.38. The van der Waals surface area contributed by atoms with E-state index in [1.54, 1.807) is 6.92 Å². The zero-order chi connectivity index (χ0) is 12.1. The molecular weight excluding hydrogens is 240 g/mol. The predicted octanol–water partition coefficient (Wildman–Crippen LogP) is -0.903. The molecule has 0 fully saturated rings. The molecule has 0 aliphatic rings. The Morgan fingerprint density at radius 1 is 1.53 bits per heavy atom. The second-order valence-electron chi connectivity index (χ2n) is 2.78. The van der Waals surface area contributed by atoms with Crippen LogP contribution in [0, 0.1) is 0 Å². The van der Waals surface area contributed by atoms with Crippen molar-refractivity contribution in [1.29, 1.82) is 0 Å². The molecule has 0 saturated heterocycles. The van der Waals surface area contributed by atoms with Crippen molar-refractivity contribution in [2.24, 2.45) is 5.73 Å². The van der Waals surface area contributed by atoms with Crippen LogP contribution in [-0.4, -0.2) is 49.6 Å². The molecule has 0 aromatic rings. The van der Waals surface area contributed by atoms with Crippen LogP contribution in [-0.2, 0) is 19.6 Å². The number of carbonyl (C=O) groups excluding carboxylic acids is 1. The molecule has 0 aliphatic heterocycles. The Hall–Kier alpha value is -0.730. The molecule has 2 N–H and O–H groups in total. The number of carbonyl (C=O) groups is 1. The van der Waals surface area contributed by atoms with Crippen LogP contribution in [0.4, 0.5) is 0 Å². The predicted molar refractivity (Wildman–Crippen MR) is 59.8 cm³/mol. The van der Waals surface area contributed by atoms with E-state index in [0.717, 1.165) is 4.31 Å². The minimum absolute atomic E-state index is 0.134. The molecule has 6 nitrogen and oxygen atoms in total. The lowest BCUT2D eigenvalue weighted by atomic mass is 10.6. The zero-order valence-corrected chi connectivity index (χ0v) is 10.2. The van der Waals surface area contributed by atoms with Crippen molar-refractivity contribution in [2.45, 2.75) is 6.92 Å². The number of esters is 1. The summed E-state index contributed by atoms with van der Waals surface area (Å²) in [6, 6.07) is 0. The summed E-state index contributed by atoms with van der Waals surface area (Å²) in [6.07, 6.45) is 0. The number of hydrogen-bond donors (Lipinski definition) is 1. The molecule has 0 unspecified atom stereocenters. The highest BCUT2D eigenvalue weighted by atomic mass is 32.2. The molecule has 0 aromatic carbocycles. The summed E-state index contributed by atoms with van der Waals surface area (Å²) in [5.41, 5.74) is 5.12. The van der Waals surface area contributed by atoms with Crippen molar-refractivity contribution in [3.05, 3.63) is 0 Å². The van der Waals surface area contributed by atoms with E-state index in [-0.39, 0.29) is 18.1 Å². The molecule has 0 spiro atoms. The SMILES string of the molecule is CCOC(=O)CN(C)S(=O)(=O)CC(N)=S. The van der Waals surface area contributed by atoms with Gasteiger partial charge in [-0.1, -0.05) is 12.2 Å². The van der Waals surface area contributed by atoms with Gasteiger partial charge in [0.2, 0.25) is 10.0 Å². The van der Waals surface area contributed by atoms with E-state index in [1.165, 1.54) is 7.05 Å². The van der Waals surface area contributed by atoms with E-state index in [2.05, 4.69) is 17.0 Å². The fraction of sp³-hybridized carbons (Fsp3) is 0.714. The molecule has 0 aromatic heterocycles. The molecule has 0 saturated carbocycles. The summed E-state index contributed by atoms with van der Waals surface area (Å²) in [5, 5.41) is 0. The highest BCUT2D eigenvalue weighted by Gasteiger charge is 2.21. The van der Waals surface area contributed by atoms with Gasteiger partial charge in [-0.05, 0) is 6.92 Å². The normalized spacial score (nSPS) is 11.4. The monoisotopic (exact) mass is 254 g/mol. The first-order valence-corrected chi connectivity index (χ1v) is 6.19. The summed E-state index contributed by atoms with van der Waals surface area (Å²) in [4.78, 5) is 10.9. The van der Waals surface area contributed by atoms with Gasteiger partial charge in [0.05, 0.1) is 11.6 Å². The minimum Gasteiger partial charge on any atom is -0.465 e. The largest absolute Gasteiger partial charge is 0.465 e. The third-order valence-electron chi connectivity index (χ3n) is 1.46. The van der Waals surface area contributed by atoms with E-state index in [1.807, 2.05) is 0 Å². The lowest BCUT2D eigenvalue weighted by Gasteiger charge is -2.15. The van der Waals surface area contributed by atoms with E-state index in [9.17, 15) is 13.2 Å². The molecule has 15 heavy (non-hydrogen) atoms. The van der Waals surface area contributed by atoms with E-state index in [4.69, 9.17) is 5.73 Å². The highest BCUT2D eigenvalue weighted by molar-refractivity contribution is 7.92. The van der Waals surface area contributed by atoms with Crippen molar-refractivity contribution >= 4 is 33.2 Å². The van der Waals surface area contributed by atoms with Gasteiger partial charge >= 0.3 is 5.97 Å². The van der Waals surface area contributed by atoms with Crippen LogP contribution in [0.3, 0.4) is 0 Å². The number of sulfonamides is 1. The Morgan fingerprint density at radius 2 is 2.07 bits per heavy atom. The molecule has 0 radical (unpaired) electrons. The lowest BCUT2D eigenvalue weighted by Crippen LogP contribution is -2.37. The Bertz CT molecular complexity index is 339. The van der Waals surface area contributed by atoms with Gasteiger partial charge in [0.15, 0.2) is 0 Å². The molecule has 0 bridgehead atoms. The van der Waals surface area contributed by atoms with Crippen molar-refractivity contribution in [2.75, 3.05) is 26.0 Å². The van der Waals surface area contributed by atoms with Crippen LogP contribution in [0.1, 0.15) is 6.92 Å². The van der Waals surface area contributed by atoms with Gasteiger partial charge in [-0.3, -0.25) is 4.79 Å². The zero-order valence-electron chi connectivity index (χ0n) is 8.60. The van der Waals surface area contributed by atoms with E-state index in [0.29, 0.717) is 0 Å². The topological polar surface area (TPSA) is 89.7 Å². The third-order valence-corrected chi connectivity index (χ3v) is 3.54. The number of nitrogens with zero attached hydrogens (tertiary/aromatic N) is 1. The summed E-state index contributed by atoms with van der Waals surface area (Å²) >= 11 is 4.48. The Balaban J connectivity index is 4.38. The van der Waals surface area contributed by atoms with Crippen molar-refractivity contribution in [3.63, 3.8) is 0 Å². The number of rotatable bonds is 6. The highest BCUT2D eigenvalue weighted by Crippen LogP contribution is 1.98. The number of thiocarbonyl (C=S) groups is 1. The summed E-state index contributed by atoms with van der Waals surface area (Å²) in [6.45, 7) is 1.52. The molecule has 88 valence electrons. The molecule has 0 aliphatic carbocycles.